The molecule has 1 N–H and O–H groups in total. The van der Waals surface area contributed by atoms with E-state index < -0.39 is 63.7 Å². The molecular weight excluding hydrogens is 630 g/mol. The number of para-hydroxylation sites is 1. The molecule has 3 aromatic rings. The third-order valence-corrected chi connectivity index (χ3v) is 11.2. The summed E-state index contributed by atoms with van der Waals surface area (Å²) in [4.78, 5) is 27.9. The molecule has 4 atom stereocenters. The normalized spacial score (nSPS) is 22.9. The van der Waals surface area contributed by atoms with E-state index in [-0.39, 0.29) is 18.2 Å². The van der Waals surface area contributed by atoms with E-state index in [0.29, 0.717) is 34.0 Å². The van der Waals surface area contributed by atoms with Gasteiger partial charge in [0.05, 0.1) is 36.0 Å². The first-order valence-corrected chi connectivity index (χ1v) is 16.8. The molecule has 0 unspecified atom stereocenters. The average Bonchev–Trinajstić information content (AvgIpc) is 3.89. The third-order valence-electron chi connectivity index (χ3n) is 8.43. The topological polar surface area (TPSA) is 104 Å². The van der Waals surface area contributed by atoms with Crippen LogP contribution in [0.15, 0.2) is 72.8 Å². The molecule has 3 aliphatic rings. The molecule has 1 aliphatic heterocycles. The van der Waals surface area contributed by atoms with E-state index in [1.165, 1.54) is 18.2 Å². The second-order valence-corrected chi connectivity index (χ2v) is 14.6. The maximum absolute atomic E-state index is 15.2. The third kappa shape index (κ3) is 6.31. The first-order chi connectivity index (χ1) is 21.0. The smallest absolute Gasteiger partial charge is 0.306 e. The highest BCUT2D eigenvalue weighted by Crippen LogP contribution is 2.49. The minimum Gasteiger partial charge on any atom is -0.481 e. The Bertz CT molecular complexity index is 1670. The highest BCUT2D eigenvalue weighted by atomic mass is 35.5. The first-order valence-electron chi connectivity index (χ1n) is 14.5. The molecule has 3 fully saturated rings. The Balaban J connectivity index is 1.51. The van der Waals surface area contributed by atoms with Gasteiger partial charge in [0.1, 0.15) is 18.0 Å². The highest BCUT2D eigenvalue weighted by Gasteiger charge is 2.52. The molecule has 8 nitrogen and oxygen atoms in total. The lowest BCUT2D eigenvalue weighted by atomic mass is 9.89. The Kier molecular flexibility index (Phi) is 8.63. The number of rotatable bonds is 11. The average molecular weight is 662 g/mol. The molecule has 0 spiro atoms. The van der Waals surface area contributed by atoms with Crippen LogP contribution in [0, 0.1) is 11.7 Å². The summed E-state index contributed by atoms with van der Waals surface area (Å²) in [5.41, 5.74) is 1.20. The second kappa shape index (κ2) is 12.3. The van der Waals surface area contributed by atoms with Gasteiger partial charge in [-0.3, -0.25) is 13.9 Å². The number of amides is 1. The van der Waals surface area contributed by atoms with Crippen molar-refractivity contribution in [2.24, 2.45) is 5.92 Å². The van der Waals surface area contributed by atoms with Crippen LogP contribution in [-0.4, -0.2) is 54.2 Å². The second-order valence-electron chi connectivity index (χ2n) is 11.6. The number of anilines is 1. The number of carboxylic acid groups (broad SMARTS) is 1. The van der Waals surface area contributed by atoms with Crippen LogP contribution < -0.4 is 4.31 Å². The molecule has 2 saturated carbocycles. The molecule has 0 aromatic heterocycles. The van der Waals surface area contributed by atoms with Crippen molar-refractivity contribution in [3.8, 4) is 0 Å². The molecule has 1 amide bonds. The van der Waals surface area contributed by atoms with E-state index in [2.05, 4.69) is 0 Å². The van der Waals surface area contributed by atoms with E-state index in [0.717, 1.165) is 17.1 Å². The van der Waals surface area contributed by atoms with Crippen LogP contribution in [-0.2, 0) is 24.3 Å². The summed E-state index contributed by atoms with van der Waals surface area (Å²) in [6, 6.07) is 18.1. The summed E-state index contributed by atoms with van der Waals surface area (Å²) in [5.74, 6) is -2.57. The quantitative estimate of drug-likeness (QED) is 0.255. The molecule has 0 radical (unpaired) electrons. The van der Waals surface area contributed by atoms with Gasteiger partial charge in [-0.05, 0) is 79.1 Å². The van der Waals surface area contributed by atoms with E-state index in [9.17, 15) is 23.1 Å². The van der Waals surface area contributed by atoms with Gasteiger partial charge in [0.2, 0.25) is 10.0 Å². The fourth-order valence-electron chi connectivity index (χ4n) is 6.02. The van der Waals surface area contributed by atoms with E-state index in [1.807, 2.05) is 0 Å². The number of carboxylic acids is 1. The lowest BCUT2D eigenvalue weighted by Gasteiger charge is -2.49. The van der Waals surface area contributed by atoms with Crippen molar-refractivity contribution in [1.82, 2.24) is 4.90 Å². The molecule has 0 bridgehead atoms. The van der Waals surface area contributed by atoms with Gasteiger partial charge in [0.25, 0.3) is 5.91 Å². The molecule has 2 aliphatic carbocycles. The zero-order valence-corrected chi connectivity index (χ0v) is 25.9. The largest absolute Gasteiger partial charge is 0.481 e. The number of sulfonamides is 1. The summed E-state index contributed by atoms with van der Waals surface area (Å²) in [7, 11) is -3.96. The zero-order chi connectivity index (χ0) is 31.2. The molecule has 1 heterocycles. The lowest BCUT2D eigenvalue weighted by molar-refractivity contribution is -0.183. The number of halogens is 3. The van der Waals surface area contributed by atoms with E-state index >= 15 is 4.39 Å². The van der Waals surface area contributed by atoms with Gasteiger partial charge >= 0.3 is 5.97 Å². The van der Waals surface area contributed by atoms with Gasteiger partial charge in [-0.25, -0.2) is 12.8 Å². The molecule has 12 heteroatoms. The van der Waals surface area contributed by atoms with Gasteiger partial charge in [-0.2, -0.15) is 0 Å². The van der Waals surface area contributed by atoms with Crippen LogP contribution >= 0.6 is 23.2 Å². The summed E-state index contributed by atoms with van der Waals surface area (Å²) in [6.45, 7) is -0.192. The van der Waals surface area contributed by atoms with Gasteiger partial charge in [-0.15, -0.1) is 0 Å². The number of aliphatic carboxylic acids is 1. The van der Waals surface area contributed by atoms with Crippen LogP contribution in [0.2, 0.25) is 10.0 Å². The number of hydrogen-bond donors (Lipinski definition) is 1. The van der Waals surface area contributed by atoms with Crippen LogP contribution in [0.25, 0.3) is 0 Å². The van der Waals surface area contributed by atoms with Crippen LogP contribution in [0.4, 0.5) is 10.1 Å². The van der Waals surface area contributed by atoms with Crippen molar-refractivity contribution in [3.05, 3.63) is 99.8 Å². The number of hydrogen-bond acceptors (Lipinski definition) is 5. The fourth-order valence-corrected chi connectivity index (χ4v) is 8.22. The number of nitrogens with zero attached hydrogens (tertiary/aromatic N) is 2. The molecule has 44 heavy (non-hydrogen) atoms. The predicted molar refractivity (Wildman–Crippen MR) is 165 cm³/mol. The summed E-state index contributed by atoms with van der Waals surface area (Å²) in [5, 5.41) is 10.0. The monoisotopic (exact) mass is 660 g/mol. The molecule has 232 valence electrons. The highest BCUT2D eigenvalue weighted by molar-refractivity contribution is 7.93. The summed E-state index contributed by atoms with van der Waals surface area (Å²) in [6.07, 6.45) is -0.380. The first kappa shape index (κ1) is 30.8. The van der Waals surface area contributed by atoms with Crippen LogP contribution in [0.1, 0.15) is 55.4 Å². The predicted octanol–water partition coefficient (Wildman–Crippen LogP) is 6.39. The molecular formula is C32H31Cl2FN2O6S. The van der Waals surface area contributed by atoms with E-state index in [4.69, 9.17) is 27.9 Å². The van der Waals surface area contributed by atoms with Crippen molar-refractivity contribution in [2.45, 2.75) is 61.6 Å². The van der Waals surface area contributed by atoms with Crippen molar-refractivity contribution < 1.29 is 32.2 Å². The summed E-state index contributed by atoms with van der Waals surface area (Å²) >= 11 is 12.6. The Morgan fingerprint density at radius 3 is 2.30 bits per heavy atom. The molecule has 1 saturated heterocycles. The van der Waals surface area contributed by atoms with E-state index in [1.54, 1.807) is 59.5 Å². The number of benzene rings is 3. The van der Waals surface area contributed by atoms with Gasteiger partial charge in [0.15, 0.2) is 0 Å². The van der Waals surface area contributed by atoms with Crippen molar-refractivity contribution in [3.63, 3.8) is 0 Å². The Morgan fingerprint density at radius 2 is 1.68 bits per heavy atom. The van der Waals surface area contributed by atoms with Gasteiger partial charge in [0, 0.05) is 10.0 Å². The number of ether oxygens (including phenoxy) is 1. The number of carbonyl (C=O) groups excluding carboxylic acids is 1. The molecule has 3 aromatic carbocycles. The van der Waals surface area contributed by atoms with Crippen molar-refractivity contribution in [1.29, 1.82) is 0 Å². The SMILES string of the molecule is O=C(O)C[C@@H]1O[C@H](c2cccc(Cl)c2)[C@@H](c2ccc(Cl)cc2)N([C@H](CN(c2ccccc2F)S(=O)(=O)C2CC2)C2CC2)C1=O. The standard InChI is InChI=1S/C32H31Cl2FN2O6S/c33-22-12-10-20(11-13-22)30-31(21-4-3-5-23(34)16-21)43-28(17-29(38)39)32(40)37(30)27(19-8-9-19)18-36(44(41,42)24-14-15-24)26-7-2-1-6-25(26)35/h1-7,10-13,16,19,24,27-28,30-31H,8-9,14-15,17-18H2,(H,38,39)/t27-,28+,30-,31-/m1/s1. The maximum atomic E-state index is 15.2. The minimum absolute atomic E-state index is 0.0812. The van der Waals surface area contributed by atoms with Crippen LogP contribution in [0.5, 0.6) is 0 Å². The zero-order valence-electron chi connectivity index (χ0n) is 23.6. The van der Waals surface area contributed by atoms with Crippen molar-refractivity contribution >= 4 is 50.8 Å². The van der Waals surface area contributed by atoms with Crippen molar-refractivity contribution in [2.75, 3.05) is 10.8 Å². The van der Waals surface area contributed by atoms with Gasteiger partial charge in [-0.1, -0.05) is 59.6 Å². The molecule has 6 rings (SSSR count). The Hall–Kier alpha value is -3.18. The Morgan fingerprint density at radius 1 is 0.977 bits per heavy atom. The maximum Gasteiger partial charge on any atom is 0.306 e. The lowest BCUT2D eigenvalue weighted by Crippen LogP contribution is -2.59. The van der Waals surface area contributed by atoms with Crippen LogP contribution in [0.3, 0.4) is 0 Å². The number of carbonyl (C=O) groups is 2. The fraction of sp³-hybridized carbons (Fsp3) is 0.375. The minimum atomic E-state index is -3.96. The number of morpholine rings is 1. The Labute approximate surface area is 265 Å². The summed E-state index contributed by atoms with van der Waals surface area (Å²) < 4.78 is 50.3. The van der Waals surface area contributed by atoms with Gasteiger partial charge < -0.3 is 14.7 Å².